The van der Waals surface area contributed by atoms with E-state index < -0.39 is 11.8 Å². The van der Waals surface area contributed by atoms with Gasteiger partial charge in [0.2, 0.25) is 0 Å². The molecule has 0 saturated carbocycles. The van der Waals surface area contributed by atoms with Crippen molar-refractivity contribution in [2.45, 2.75) is 0 Å². The lowest BCUT2D eigenvalue weighted by Gasteiger charge is -2.05. The summed E-state index contributed by atoms with van der Waals surface area (Å²) in [7, 11) is 0. The summed E-state index contributed by atoms with van der Waals surface area (Å²) in [5, 5.41) is 0.330. The predicted molar refractivity (Wildman–Crippen MR) is 68.3 cm³/mol. The van der Waals surface area contributed by atoms with E-state index in [2.05, 4.69) is 20.9 Å². The molecule has 2 rings (SSSR count). The van der Waals surface area contributed by atoms with Gasteiger partial charge in [0.15, 0.2) is 5.75 Å². The minimum atomic E-state index is -0.802. The molecular weight excluding hydrogens is 324 g/mol. The van der Waals surface area contributed by atoms with Crippen molar-refractivity contribution in [2.75, 3.05) is 0 Å². The molecule has 0 bridgehead atoms. The molecule has 0 radical (unpaired) electrons. The van der Waals surface area contributed by atoms with Crippen LogP contribution in [0.5, 0.6) is 5.75 Å². The highest BCUT2D eigenvalue weighted by atomic mass is 79.9. The van der Waals surface area contributed by atoms with Crippen LogP contribution in [0.15, 0.2) is 41.1 Å². The van der Waals surface area contributed by atoms with E-state index in [-0.39, 0.29) is 11.3 Å². The zero-order chi connectivity index (χ0) is 13.1. The Morgan fingerprint density at radius 2 is 2.11 bits per heavy atom. The number of hydrogen-bond acceptors (Lipinski definition) is 3. The number of nitrogens with zero attached hydrogens (tertiary/aromatic N) is 1. The van der Waals surface area contributed by atoms with Crippen molar-refractivity contribution >= 4 is 33.5 Å². The maximum Gasteiger partial charge on any atom is 0.346 e. The summed E-state index contributed by atoms with van der Waals surface area (Å²) >= 11 is 8.79. The minimum absolute atomic E-state index is 0.154. The number of rotatable bonds is 2. The third-order valence-electron chi connectivity index (χ3n) is 2.04. The van der Waals surface area contributed by atoms with Crippen molar-refractivity contribution in [1.29, 1.82) is 0 Å². The van der Waals surface area contributed by atoms with Crippen molar-refractivity contribution in [3.05, 3.63) is 57.5 Å². The van der Waals surface area contributed by atoms with Gasteiger partial charge in [0.05, 0.1) is 16.8 Å². The smallest absolute Gasteiger partial charge is 0.346 e. The topological polar surface area (TPSA) is 39.2 Å². The Labute approximate surface area is 116 Å². The Bertz CT molecular complexity index is 606. The molecule has 18 heavy (non-hydrogen) atoms. The maximum atomic E-state index is 13.5. The highest BCUT2D eigenvalue weighted by Crippen LogP contribution is 2.19. The highest BCUT2D eigenvalue weighted by molar-refractivity contribution is 9.10. The molecule has 0 N–H and O–H groups in total. The van der Waals surface area contributed by atoms with E-state index in [1.54, 1.807) is 6.07 Å². The first-order chi connectivity index (χ1) is 8.56. The van der Waals surface area contributed by atoms with E-state index in [1.165, 1.54) is 30.6 Å². The third kappa shape index (κ3) is 3.05. The molecule has 0 aliphatic heterocycles. The normalized spacial score (nSPS) is 10.2. The van der Waals surface area contributed by atoms with Crippen LogP contribution < -0.4 is 4.74 Å². The van der Waals surface area contributed by atoms with E-state index in [4.69, 9.17) is 16.3 Å². The largest absolute Gasteiger partial charge is 0.421 e. The summed E-state index contributed by atoms with van der Waals surface area (Å²) in [6.45, 7) is 0. The number of ether oxygens (including phenoxy) is 1. The number of hydrogen-bond donors (Lipinski definition) is 0. The number of carbonyl (C=O) groups is 1. The second-order valence-electron chi connectivity index (χ2n) is 3.35. The highest BCUT2D eigenvalue weighted by Gasteiger charge is 2.14. The lowest BCUT2D eigenvalue weighted by atomic mass is 10.2. The van der Waals surface area contributed by atoms with Crippen LogP contribution in [0.4, 0.5) is 4.39 Å². The monoisotopic (exact) mass is 329 g/mol. The van der Waals surface area contributed by atoms with Gasteiger partial charge in [0.1, 0.15) is 5.82 Å². The molecule has 0 aliphatic rings. The molecule has 0 spiro atoms. The molecule has 1 aromatic heterocycles. The Morgan fingerprint density at radius 3 is 2.78 bits per heavy atom. The van der Waals surface area contributed by atoms with Gasteiger partial charge in [-0.1, -0.05) is 27.5 Å². The fraction of sp³-hybridized carbons (Fsp3) is 0. The average molecular weight is 331 g/mol. The van der Waals surface area contributed by atoms with Crippen molar-refractivity contribution in [3.8, 4) is 5.75 Å². The summed E-state index contributed by atoms with van der Waals surface area (Å²) in [4.78, 5) is 15.5. The van der Waals surface area contributed by atoms with Crippen LogP contribution in [0, 0.1) is 5.82 Å². The number of carbonyl (C=O) groups excluding carboxylic acids is 1. The fourth-order valence-corrected chi connectivity index (χ4v) is 1.76. The van der Waals surface area contributed by atoms with Gasteiger partial charge in [-0.25, -0.2) is 9.18 Å². The molecule has 0 fully saturated rings. The SMILES string of the molecule is O=C(Oc1cncc(Cl)c1)c1ccc(Br)cc1F. The standard InChI is InChI=1S/C12H6BrClFNO2/c13-7-1-2-10(11(15)3-7)12(17)18-9-4-8(14)5-16-6-9/h1-6H. The molecule has 0 amide bonds. The molecule has 2 aromatic rings. The van der Waals surface area contributed by atoms with Crippen LogP contribution in [-0.4, -0.2) is 11.0 Å². The average Bonchev–Trinajstić information content (AvgIpc) is 2.28. The molecule has 3 nitrogen and oxygen atoms in total. The van der Waals surface area contributed by atoms with E-state index in [0.29, 0.717) is 9.50 Å². The summed E-state index contributed by atoms with van der Waals surface area (Å²) < 4.78 is 19.0. The molecule has 6 heteroatoms. The Hall–Kier alpha value is -1.46. The van der Waals surface area contributed by atoms with Crippen molar-refractivity contribution in [3.63, 3.8) is 0 Å². The van der Waals surface area contributed by atoms with E-state index >= 15 is 0 Å². The van der Waals surface area contributed by atoms with Gasteiger partial charge in [0, 0.05) is 16.7 Å². The number of benzene rings is 1. The van der Waals surface area contributed by atoms with Gasteiger partial charge in [-0.15, -0.1) is 0 Å². The summed E-state index contributed by atoms with van der Waals surface area (Å²) in [5.41, 5.74) is -0.154. The summed E-state index contributed by atoms with van der Waals surface area (Å²) in [6, 6.07) is 5.49. The van der Waals surface area contributed by atoms with Gasteiger partial charge in [-0.2, -0.15) is 0 Å². The maximum absolute atomic E-state index is 13.5. The van der Waals surface area contributed by atoms with Crippen LogP contribution in [0.3, 0.4) is 0 Å². The van der Waals surface area contributed by atoms with Gasteiger partial charge in [0.25, 0.3) is 0 Å². The van der Waals surface area contributed by atoms with Crippen LogP contribution in [0.1, 0.15) is 10.4 Å². The summed E-state index contributed by atoms with van der Waals surface area (Å²) in [6.07, 6.45) is 2.72. The van der Waals surface area contributed by atoms with Crippen molar-refractivity contribution < 1.29 is 13.9 Å². The second-order valence-corrected chi connectivity index (χ2v) is 4.70. The predicted octanol–water partition coefficient (Wildman–Crippen LogP) is 3.86. The van der Waals surface area contributed by atoms with Crippen LogP contribution in [-0.2, 0) is 0 Å². The van der Waals surface area contributed by atoms with Gasteiger partial charge >= 0.3 is 5.97 Å². The lowest BCUT2D eigenvalue weighted by molar-refractivity contribution is 0.0729. The Morgan fingerprint density at radius 1 is 1.33 bits per heavy atom. The Balaban J connectivity index is 2.22. The molecule has 1 aromatic carbocycles. The van der Waals surface area contributed by atoms with E-state index in [0.717, 1.165) is 0 Å². The molecule has 1 heterocycles. The molecule has 92 valence electrons. The Kier molecular flexibility index (Phi) is 3.93. The van der Waals surface area contributed by atoms with Crippen LogP contribution in [0.2, 0.25) is 5.02 Å². The number of halogens is 3. The first-order valence-electron chi connectivity index (χ1n) is 4.84. The zero-order valence-electron chi connectivity index (χ0n) is 8.86. The van der Waals surface area contributed by atoms with Crippen molar-refractivity contribution in [2.24, 2.45) is 0 Å². The molecule has 0 aliphatic carbocycles. The number of aromatic nitrogens is 1. The minimum Gasteiger partial charge on any atom is -0.421 e. The summed E-state index contributed by atoms with van der Waals surface area (Å²) in [5.74, 6) is -1.30. The molecule has 0 atom stereocenters. The molecular formula is C12H6BrClFNO2. The zero-order valence-corrected chi connectivity index (χ0v) is 11.2. The van der Waals surface area contributed by atoms with E-state index in [9.17, 15) is 9.18 Å². The van der Waals surface area contributed by atoms with Crippen LogP contribution in [0.25, 0.3) is 0 Å². The number of esters is 1. The third-order valence-corrected chi connectivity index (χ3v) is 2.74. The molecule has 0 unspecified atom stereocenters. The van der Waals surface area contributed by atoms with E-state index in [1.807, 2.05) is 0 Å². The van der Waals surface area contributed by atoms with Gasteiger partial charge < -0.3 is 4.74 Å². The van der Waals surface area contributed by atoms with Gasteiger partial charge in [-0.3, -0.25) is 4.98 Å². The quantitative estimate of drug-likeness (QED) is 0.785. The number of pyridine rings is 1. The first kappa shape index (κ1) is 13.0. The molecule has 0 saturated heterocycles. The van der Waals surface area contributed by atoms with Gasteiger partial charge in [-0.05, 0) is 18.2 Å². The fourth-order valence-electron chi connectivity index (χ4n) is 1.27. The van der Waals surface area contributed by atoms with Crippen molar-refractivity contribution in [1.82, 2.24) is 4.98 Å². The van der Waals surface area contributed by atoms with Crippen LogP contribution >= 0.6 is 27.5 Å². The first-order valence-corrected chi connectivity index (χ1v) is 6.01. The second kappa shape index (κ2) is 5.46. The lowest BCUT2D eigenvalue weighted by Crippen LogP contribution is -2.10.